The molecule has 0 aromatic heterocycles. The molecule has 5 aliphatic rings. The fraction of sp³-hybridized carbons (Fsp3) is 0.611. The summed E-state index contributed by atoms with van der Waals surface area (Å²) in [6.45, 7) is 10.2. The van der Waals surface area contributed by atoms with Crippen molar-refractivity contribution >= 4 is 11.8 Å². The molecule has 2 aromatic carbocycles. The molecule has 2 amide bonds. The van der Waals surface area contributed by atoms with E-state index in [0.29, 0.717) is 47.9 Å². The first kappa shape index (κ1) is 32.1. The SMILES string of the molecule is C[C@@H]1[C@@H](NC(=O)[C@@H]2[C@H]([C@H](C)O)[C@H](CO)ON2Cc2cccc(-c3cccc(C(=O)NC[C@@H]4CCCN4)c3)c2)C[C@H]2C[C@@H]1C2(C)C. The zero-order valence-electron chi connectivity index (χ0n) is 27.0. The lowest BCUT2D eigenvalue weighted by Gasteiger charge is -2.62. The Labute approximate surface area is 267 Å². The fourth-order valence-corrected chi connectivity index (χ4v) is 8.60. The number of nitrogens with one attached hydrogen (secondary N) is 3. The van der Waals surface area contributed by atoms with Crippen molar-refractivity contribution in [1.82, 2.24) is 21.0 Å². The summed E-state index contributed by atoms with van der Waals surface area (Å²) in [4.78, 5) is 33.1. The van der Waals surface area contributed by atoms with Crippen molar-refractivity contribution < 1.29 is 24.6 Å². The third-order valence-corrected chi connectivity index (χ3v) is 11.5. The Bertz CT molecular complexity index is 1370. The minimum atomic E-state index is -0.844. The van der Waals surface area contributed by atoms with Crippen LogP contribution in [0.3, 0.4) is 0 Å². The van der Waals surface area contributed by atoms with Crippen LogP contribution in [0, 0.1) is 29.1 Å². The van der Waals surface area contributed by atoms with Crippen molar-refractivity contribution in [3.05, 3.63) is 59.7 Å². The fourth-order valence-electron chi connectivity index (χ4n) is 8.60. The van der Waals surface area contributed by atoms with Crippen molar-refractivity contribution in [2.24, 2.45) is 29.1 Å². The van der Waals surface area contributed by atoms with Crippen LogP contribution in [0.4, 0.5) is 0 Å². The molecule has 2 saturated heterocycles. The Kier molecular flexibility index (Phi) is 9.37. The summed E-state index contributed by atoms with van der Waals surface area (Å²) in [6, 6.07) is 15.3. The van der Waals surface area contributed by atoms with Crippen LogP contribution in [0.2, 0.25) is 0 Å². The molecule has 5 fully saturated rings. The highest BCUT2D eigenvalue weighted by Gasteiger charge is 2.57. The predicted octanol–water partition coefficient (Wildman–Crippen LogP) is 3.50. The monoisotopic (exact) mass is 618 g/mol. The minimum Gasteiger partial charge on any atom is -0.394 e. The molecule has 9 atom stereocenters. The molecule has 2 bridgehead atoms. The summed E-state index contributed by atoms with van der Waals surface area (Å²) in [5.74, 6) is 0.750. The summed E-state index contributed by atoms with van der Waals surface area (Å²) in [6.07, 6.45) is 2.87. The highest BCUT2D eigenvalue weighted by Crippen LogP contribution is 2.61. The van der Waals surface area contributed by atoms with Crippen LogP contribution < -0.4 is 16.0 Å². The molecule has 0 radical (unpaired) electrons. The number of nitrogens with zero attached hydrogens (tertiary/aromatic N) is 1. The Morgan fingerprint density at radius 3 is 2.56 bits per heavy atom. The largest absolute Gasteiger partial charge is 0.394 e. The summed E-state index contributed by atoms with van der Waals surface area (Å²) in [7, 11) is 0. The predicted molar refractivity (Wildman–Crippen MR) is 173 cm³/mol. The molecule has 2 aliphatic heterocycles. The van der Waals surface area contributed by atoms with Crippen molar-refractivity contribution in [1.29, 1.82) is 0 Å². The molecule has 5 N–H and O–H groups in total. The van der Waals surface area contributed by atoms with Crippen LogP contribution in [-0.4, -0.2) is 77.1 Å². The van der Waals surface area contributed by atoms with Crippen molar-refractivity contribution in [2.45, 2.75) is 90.3 Å². The Morgan fingerprint density at radius 2 is 1.89 bits per heavy atom. The van der Waals surface area contributed by atoms with Gasteiger partial charge in [-0.2, -0.15) is 5.06 Å². The second-order valence-corrected chi connectivity index (χ2v) is 14.5. The van der Waals surface area contributed by atoms with Gasteiger partial charge in [-0.3, -0.25) is 14.4 Å². The van der Waals surface area contributed by atoms with Gasteiger partial charge in [0.2, 0.25) is 5.91 Å². The summed E-state index contributed by atoms with van der Waals surface area (Å²) >= 11 is 0. The zero-order valence-corrected chi connectivity index (χ0v) is 27.0. The lowest BCUT2D eigenvalue weighted by Crippen LogP contribution is -2.62. The van der Waals surface area contributed by atoms with E-state index in [-0.39, 0.29) is 24.5 Å². The average Bonchev–Trinajstić information content (AvgIpc) is 3.69. The lowest BCUT2D eigenvalue weighted by molar-refractivity contribution is -0.183. The van der Waals surface area contributed by atoms with Gasteiger partial charge in [-0.05, 0) is 97.2 Å². The number of rotatable bonds is 10. The number of hydroxylamine groups is 2. The summed E-state index contributed by atoms with van der Waals surface area (Å²) in [5, 5.41) is 32.4. The third-order valence-electron chi connectivity index (χ3n) is 11.5. The molecule has 7 rings (SSSR count). The molecule has 0 spiro atoms. The molecule has 9 heteroatoms. The maximum atomic E-state index is 14.0. The number of benzene rings is 2. The van der Waals surface area contributed by atoms with Gasteiger partial charge in [-0.25, -0.2) is 0 Å². The first-order valence-corrected chi connectivity index (χ1v) is 16.8. The van der Waals surface area contributed by atoms with E-state index in [2.05, 4.69) is 36.7 Å². The lowest BCUT2D eigenvalue weighted by atomic mass is 9.45. The van der Waals surface area contributed by atoms with Crippen LogP contribution >= 0.6 is 0 Å². The zero-order chi connectivity index (χ0) is 31.9. The van der Waals surface area contributed by atoms with Crippen LogP contribution in [0.5, 0.6) is 0 Å². The van der Waals surface area contributed by atoms with E-state index >= 15 is 0 Å². The van der Waals surface area contributed by atoms with Gasteiger partial charge in [0, 0.05) is 30.1 Å². The number of carbonyl (C=O) groups is 2. The minimum absolute atomic E-state index is 0.0844. The Balaban J connectivity index is 1.17. The molecule has 0 unspecified atom stereocenters. The van der Waals surface area contributed by atoms with Gasteiger partial charge in [0.1, 0.15) is 12.1 Å². The number of aliphatic hydroxyl groups is 2. The van der Waals surface area contributed by atoms with Crippen LogP contribution in [0.15, 0.2) is 48.5 Å². The number of hydrogen-bond donors (Lipinski definition) is 5. The Morgan fingerprint density at radius 1 is 1.13 bits per heavy atom. The first-order valence-electron chi connectivity index (χ1n) is 16.8. The van der Waals surface area contributed by atoms with Gasteiger partial charge in [-0.1, -0.05) is 51.1 Å². The molecule has 3 saturated carbocycles. The summed E-state index contributed by atoms with van der Waals surface area (Å²) < 4.78 is 0. The maximum absolute atomic E-state index is 14.0. The van der Waals surface area contributed by atoms with Gasteiger partial charge in [-0.15, -0.1) is 0 Å². The number of carbonyl (C=O) groups excluding carboxylic acids is 2. The molecule has 2 aromatic rings. The van der Waals surface area contributed by atoms with E-state index in [9.17, 15) is 19.8 Å². The number of aliphatic hydroxyl groups excluding tert-OH is 2. The molecule has 45 heavy (non-hydrogen) atoms. The van der Waals surface area contributed by atoms with E-state index < -0.39 is 24.2 Å². The average molecular weight is 619 g/mol. The normalized spacial score (nSPS) is 32.9. The van der Waals surface area contributed by atoms with Crippen LogP contribution in [0.25, 0.3) is 11.1 Å². The molecule has 2 heterocycles. The first-order chi connectivity index (χ1) is 21.6. The highest BCUT2D eigenvalue weighted by atomic mass is 16.7. The van der Waals surface area contributed by atoms with Gasteiger partial charge < -0.3 is 26.2 Å². The molecule has 244 valence electrons. The van der Waals surface area contributed by atoms with E-state index in [0.717, 1.165) is 42.5 Å². The van der Waals surface area contributed by atoms with Crippen LogP contribution in [0.1, 0.15) is 69.3 Å². The maximum Gasteiger partial charge on any atom is 0.251 e. The number of hydrogen-bond acceptors (Lipinski definition) is 7. The van der Waals surface area contributed by atoms with Crippen LogP contribution in [-0.2, 0) is 16.2 Å². The second-order valence-electron chi connectivity index (χ2n) is 14.5. The second kappa shape index (κ2) is 13.1. The van der Waals surface area contributed by atoms with E-state index in [1.165, 1.54) is 6.42 Å². The van der Waals surface area contributed by atoms with Crippen molar-refractivity contribution in [3.63, 3.8) is 0 Å². The third kappa shape index (κ3) is 6.43. The van der Waals surface area contributed by atoms with Crippen molar-refractivity contribution in [2.75, 3.05) is 19.7 Å². The molecule has 3 aliphatic carbocycles. The smallest absolute Gasteiger partial charge is 0.251 e. The quantitative estimate of drug-likeness (QED) is 0.276. The van der Waals surface area contributed by atoms with E-state index in [1.807, 2.05) is 48.5 Å². The molecular weight excluding hydrogens is 568 g/mol. The van der Waals surface area contributed by atoms with Gasteiger partial charge >= 0.3 is 0 Å². The van der Waals surface area contributed by atoms with E-state index in [1.54, 1.807) is 12.0 Å². The molecule has 9 nitrogen and oxygen atoms in total. The van der Waals surface area contributed by atoms with Gasteiger partial charge in [0.25, 0.3) is 5.91 Å². The standard InChI is InChI=1S/C36H50N4O5/c1-21-29-16-27(36(29,3)4)17-30(21)39-35(44)33-32(22(2)42)31(20-41)45-40(33)19-23-8-5-9-24(14-23)25-10-6-11-26(15-25)34(43)38-18-28-12-7-13-37-28/h5-6,8-11,14-15,21-22,27-33,37,41-42H,7,12-13,16-20H2,1-4H3,(H,38,43)(H,39,44)/t21-,22-,27+,28-,29-,30-,31-,32+,33-/m0/s1. The number of amides is 2. The Hall–Kier alpha value is -2.82. The summed E-state index contributed by atoms with van der Waals surface area (Å²) in [5.41, 5.74) is 3.71. The van der Waals surface area contributed by atoms with Gasteiger partial charge in [0.05, 0.1) is 19.3 Å². The van der Waals surface area contributed by atoms with Crippen molar-refractivity contribution in [3.8, 4) is 11.1 Å². The number of fused-ring (bicyclic) bond motifs is 2. The molecular formula is C36H50N4O5. The highest BCUT2D eigenvalue weighted by molar-refractivity contribution is 5.95. The van der Waals surface area contributed by atoms with Gasteiger partial charge in [0.15, 0.2) is 0 Å². The topological polar surface area (TPSA) is 123 Å². The van der Waals surface area contributed by atoms with E-state index in [4.69, 9.17) is 4.84 Å².